The monoisotopic (exact) mass is 378 g/mol. The smallest absolute Gasteiger partial charge is 0.416 e. The fraction of sp³-hybridized carbons (Fsp3) is 0.350. The number of amides is 1. The first-order valence-electron chi connectivity index (χ1n) is 8.81. The van der Waals surface area contributed by atoms with Gasteiger partial charge in [0.1, 0.15) is 12.4 Å². The van der Waals surface area contributed by atoms with Crippen LogP contribution in [0.3, 0.4) is 0 Å². The first-order chi connectivity index (χ1) is 12.9. The third-order valence-electron chi connectivity index (χ3n) is 4.45. The van der Waals surface area contributed by atoms with Crippen LogP contribution in [0.25, 0.3) is 0 Å². The van der Waals surface area contributed by atoms with E-state index >= 15 is 0 Å². The molecule has 1 fully saturated rings. The molecule has 1 aliphatic rings. The molecule has 0 bridgehead atoms. The molecule has 2 aromatic carbocycles. The Bertz CT molecular complexity index is 752. The number of rotatable bonds is 6. The molecular weight excluding hydrogens is 357 g/mol. The van der Waals surface area contributed by atoms with Crippen molar-refractivity contribution in [2.45, 2.75) is 38.2 Å². The van der Waals surface area contributed by atoms with Gasteiger partial charge in [-0.05, 0) is 54.8 Å². The highest BCUT2D eigenvalue weighted by Gasteiger charge is 2.29. The average Bonchev–Trinajstić information content (AvgIpc) is 3.20. The molecule has 144 valence electrons. The van der Waals surface area contributed by atoms with Crippen molar-refractivity contribution in [3.05, 3.63) is 65.2 Å². The summed E-state index contributed by atoms with van der Waals surface area (Å²) in [5, 5.41) is 6.05. The lowest BCUT2D eigenvalue weighted by molar-refractivity contribution is -0.137. The maximum absolute atomic E-state index is 12.5. The maximum atomic E-state index is 12.5. The zero-order chi connectivity index (χ0) is 19.3. The summed E-state index contributed by atoms with van der Waals surface area (Å²) in [5.41, 5.74) is 0.928. The molecule has 0 spiro atoms. The van der Waals surface area contributed by atoms with Crippen LogP contribution in [0, 0.1) is 0 Å². The Morgan fingerprint density at radius 2 is 1.74 bits per heavy atom. The van der Waals surface area contributed by atoms with Gasteiger partial charge in [0, 0.05) is 6.54 Å². The first kappa shape index (κ1) is 19.2. The molecule has 1 amide bonds. The number of hydrogen-bond acceptors (Lipinski definition) is 3. The SMILES string of the molecule is O=C(NCc1ccc(OCc2ccc(C(F)(F)F)cc2)cc1)C1CCCN1. The summed E-state index contributed by atoms with van der Waals surface area (Å²) < 4.78 is 43.2. The largest absolute Gasteiger partial charge is 0.489 e. The number of halogens is 3. The van der Waals surface area contributed by atoms with E-state index in [2.05, 4.69) is 10.6 Å². The van der Waals surface area contributed by atoms with Gasteiger partial charge in [0.2, 0.25) is 5.91 Å². The van der Waals surface area contributed by atoms with Crippen molar-refractivity contribution in [3.63, 3.8) is 0 Å². The van der Waals surface area contributed by atoms with E-state index in [0.717, 1.165) is 37.1 Å². The molecule has 1 atom stereocenters. The van der Waals surface area contributed by atoms with Crippen molar-refractivity contribution in [3.8, 4) is 5.75 Å². The van der Waals surface area contributed by atoms with E-state index in [1.54, 1.807) is 12.1 Å². The van der Waals surface area contributed by atoms with Gasteiger partial charge in [0.25, 0.3) is 0 Å². The van der Waals surface area contributed by atoms with Crippen molar-refractivity contribution in [2.24, 2.45) is 0 Å². The van der Waals surface area contributed by atoms with Gasteiger partial charge < -0.3 is 15.4 Å². The van der Waals surface area contributed by atoms with E-state index in [0.29, 0.717) is 17.9 Å². The van der Waals surface area contributed by atoms with Crippen molar-refractivity contribution in [1.29, 1.82) is 0 Å². The zero-order valence-corrected chi connectivity index (χ0v) is 14.7. The van der Waals surface area contributed by atoms with E-state index in [9.17, 15) is 18.0 Å². The summed E-state index contributed by atoms with van der Waals surface area (Å²) in [6, 6.07) is 12.1. The first-order valence-corrected chi connectivity index (χ1v) is 8.81. The van der Waals surface area contributed by atoms with Crippen LogP contribution in [0.4, 0.5) is 13.2 Å². The number of alkyl halides is 3. The molecular formula is C20H21F3N2O2. The number of benzene rings is 2. The van der Waals surface area contributed by atoms with Crippen LogP contribution in [0.15, 0.2) is 48.5 Å². The molecule has 3 rings (SSSR count). The topological polar surface area (TPSA) is 50.4 Å². The molecule has 1 heterocycles. The van der Waals surface area contributed by atoms with Crippen molar-refractivity contribution in [2.75, 3.05) is 6.54 Å². The van der Waals surface area contributed by atoms with E-state index in [4.69, 9.17) is 4.74 Å². The van der Waals surface area contributed by atoms with Crippen molar-refractivity contribution < 1.29 is 22.7 Å². The molecule has 1 aliphatic heterocycles. The van der Waals surface area contributed by atoms with Crippen LogP contribution < -0.4 is 15.4 Å². The number of hydrogen-bond donors (Lipinski definition) is 2. The van der Waals surface area contributed by atoms with Crippen LogP contribution in [0.5, 0.6) is 5.75 Å². The summed E-state index contributed by atoms with van der Waals surface area (Å²) in [7, 11) is 0. The van der Waals surface area contributed by atoms with E-state index in [-0.39, 0.29) is 18.6 Å². The van der Waals surface area contributed by atoms with Crippen molar-refractivity contribution in [1.82, 2.24) is 10.6 Å². The minimum Gasteiger partial charge on any atom is -0.489 e. The Balaban J connectivity index is 1.46. The van der Waals surface area contributed by atoms with E-state index < -0.39 is 11.7 Å². The normalized spacial score (nSPS) is 16.9. The summed E-state index contributed by atoms with van der Waals surface area (Å²) in [5.74, 6) is 0.623. The van der Waals surface area contributed by atoms with Gasteiger partial charge in [-0.15, -0.1) is 0 Å². The molecule has 0 saturated carbocycles. The predicted molar refractivity (Wildman–Crippen MR) is 95.1 cm³/mol. The standard InChI is InChI=1S/C20H21F3N2O2/c21-20(22,23)16-7-3-15(4-8-16)13-27-17-9-5-14(6-10-17)12-25-19(26)18-2-1-11-24-18/h3-10,18,24H,1-2,11-13H2,(H,25,26). The lowest BCUT2D eigenvalue weighted by atomic mass is 10.1. The average molecular weight is 378 g/mol. The summed E-state index contributed by atoms with van der Waals surface area (Å²) in [6.07, 6.45) is -2.45. The Morgan fingerprint density at radius 3 is 2.33 bits per heavy atom. The van der Waals surface area contributed by atoms with E-state index in [1.807, 2.05) is 12.1 Å². The van der Waals surface area contributed by atoms with Crippen LogP contribution in [0.2, 0.25) is 0 Å². The summed E-state index contributed by atoms with van der Waals surface area (Å²) in [6.45, 7) is 1.50. The molecule has 2 aromatic rings. The number of carbonyl (C=O) groups excluding carboxylic acids is 1. The maximum Gasteiger partial charge on any atom is 0.416 e. The Morgan fingerprint density at radius 1 is 1.07 bits per heavy atom. The van der Waals surface area contributed by atoms with Crippen LogP contribution in [-0.2, 0) is 24.1 Å². The van der Waals surface area contributed by atoms with E-state index in [1.165, 1.54) is 12.1 Å². The van der Waals surface area contributed by atoms with Crippen LogP contribution in [0.1, 0.15) is 29.5 Å². The highest BCUT2D eigenvalue weighted by molar-refractivity contribution is 5.81. The number of ether oxygens (including phenoxy) is 1. The summed E-state index contributed by atoms with van der Waals surface area (Å²) >= 11 is 0. The summed E-state index contributed by atoms with van der Waals surface area (Å²) in [4.78, 5) is 12.0. The molecule has 27 heavy (non-hydrogen) atoms. The Hall–Kier alpha value is -2.54. The molecule has 7 heteroatoms. The fourth-order valence-electron chi connectivity index (χ4n) is 2.88. The third-order valence-corrected chi connectivity index (χ3v) is 4.45. The lowest BCUT2D eigenvalue weighted by Crippen LogP contribution is -2.39. The minimum atomic E-state index is -4.33. The molecule has 1 unspecified atom stereocenters. The third kappa shape index (κ3) is 5.47. The molecule has 0 radical (unpaired) electrons. The quantitative estimate of drug-likeness (QED) is 0.807. The Kier molecular flexibility index (Phi) is 6.01. The van der Waals surface area contributed by atoms with Gasteiger partial charge in [0.05, 0.1) is 11.6 Å². The highest BCUT2D eigenvalue weighted by Crippen LogP contribution is 2.29. The van der Waals surface area contributed by atoms with Gasteiger partial charge in [-0.2, -0.15) is 13.2 Å². The Labute approximate surface area is 155 Å². The second kappa shape index (κ2) is 8.43. The minimum absolute atomic E-state index is 0.00938. The highest BCUT2D eigenvalue weighted by atomic mass is 19.4. The van der Waals surface area contributed by atoms with Crippen LogP contribution in [-0.4, -0.2) is 18.5 Å². The number of nitrogens with one attached hydrogen (secondary N) is 2. The molecule has 4 nitrogen and oxygen atoms in total. The van der Waals surface area contributed by atoms with Crippen molar-refractivity contribution >= 4 is 5.91 Å². The fourth-order valence-corrected chi connectivity index (χ4v) is 2.88. The molecule has 2 N–H and O–H groups in total. The molecule has 0 aromatic heterocycles. The zero-order valence-electron chi connectivity index (χ0n) is 14.7. The van der Waals surface area contributed by atoms with Gasteiger partial charge in [-0.25, -0.2) is 0 Å². The van der Waals surface area contributed by atoms with Crippen LogP contribution >= 0.6 is 0 Å². The lowest BCUT2D eigenvalue weighted by Gasteiger charge is -2.12. The van der Waals surface area contributed by atoms with Gasteiger partial charge >= 0.3 is 6.18 Å². The molecule has 0 aliphatic carbocycles. The van der Waals surface area contributed by atoms with Gasteiger partial charge in [0.15, 0.2) is 0 Å². The second-order valence-electron chi connectivity index (χ2n) is 6.49. The predicted octanol–water partition coefficient (Wildman–Crippen LogP) is 3.65. The number of carbonyl (C=O) groups is 1. The second-order valence-corrected chi connectivity index (χ2v) is 6.49. The van der Waals surface area contributed by atoms with Gasteiger partial charge in [-0.3, -0.25) is 4.79 Å². The molecule has 1 saturated heterocycles. The van der Waals surface area contributed by atoms with Gasteiger partial charge in [-0.1, -0.05) is 24.3 Å².